The van der Waals surface area contributed by atoms with Gasteiger partial charge < -0.3 is 20.3 Å². The van der Waals surface area contributed by atoms with E-state index in [0.29, 0.717) is 5.69 Å². The SMILES string of the molecule is CC1CCCN(c2ccc(-c3cnc4[nH]c5cnc(C(=O)NCCO)cc5c4c3)cc2)CC1. The van der Waals surface area contributed by atoms with Crippen molar-refractivity contribution in [2.75, 3.05) is 31.1 Å². The van der Waals surface area contributed by atoms with Gasteiger partial charge in [-0.3, -0.25) is 4.79 Å². The Kier molecular flexibility index (Phi) is 5.96. The number of rotatable bonds is 5. The predicted molar refractivity (Wildman–Crippen MR) is 131 cm³/mol. The smallest absolute Gasteiger partial charge is 0.269 e. The van der Waals surface area contributed by atoms with E-state index >= 15 is 0 Å². The number of carbonyl (C=O) groups excluding carboxylic acids is 1. The number of nitrogens with one attached hydrogen (secondary N) is 2. The van der Waals surface area contributed by atoms with Crippen LogP contribution in [0.15, 0.2) is 48.8 Å². The van der Waals surface area contributed by atoms with Gasteiger partial charge in [-0.2, -0.15) is 0 Å². The molecule has 1 fully saturated rings. The summed E-state index contributed by atoms with van der Waals surface area (Å²) in [7, 11) is 0. The monoisotopic (exact) mass is 443 g/mol. The van der Waals surface area contributed by atoms with Crippen LogP contribution in [0.25, 0.3) is 33.1 Å². The van der Waals surface area contributed by atoms with E-state index in [-0.39, 0.29) is 19.1 Å². The molecule has 0 saturated carbocycles. The average molecular weight is 444 g/mol. The summed E-state index contributed by atoms with van der Waals surface area (Å²) in [5, 5.41) is 13.4. The van der Waals surface area contributed by atoms with E-state index in [1.165, 1.54) is 24.9 Å². The van der Waals surface area contributed by atoms with Crippen LogP contribution >= 0.6 is 0 Å². The van der Waals surface area contributed by atoms with Crippen LogP contribution in [0.2, 0.25) is 0 Å². The Hall–Kier alpha value is -3.45. The summed E-state index contributed by atoms with van der Waals surface area (Å²) in [6.45, 7) is 4.68. The van der Waals surface area contributed by atoms with Gasteiger partial charge in [-0.25, -0.2) is 9.97 Å². The molecule has 7 heteroatoms. The maximum Gasteiger partial charge on any atom is 0.269 e. The van der Waals surface area contributed by atoms with Crippen LogP contribution in [-0.4, -0.2) is 52.2 Å². The summed E-state index contributed by atoms with van der Waals surface area (Å²) >= 11 is 0. The fourth-order valence-electron chi connectivity index (χ4n) is 4.60. The van der Waals surface area contributed by atoms with Gasteiger partial charge in [0.25, 0.3) is 5.91 Å². The summed E-state index contributed by atoms with van der Waals surface area (Å²) < 4.78 is 0. The Morgan fingerprint density at radius 2 is 1.94 bits per heavy atom. The van der Waals surface area contributed by atoms with Crippen molar-refractivity contribution in [3.8, 4) is 11.1 Å². The number of hydrogen-bond donors (Lipinski definition) is 3. The number of aromatic amines is 1. The molecule has 1 aliphatic heterocycles. The first-order valence-corrected chi connectivity index (χ1v) is 11.6. The Balaban J connectivity index is 1.44. The molecule has 3 N–H and O–H groups in total. The highest BCUT2D eigenvalue weighted by atomic mass is 16.3. The van der Waals surface area contributed by atoms with Crippen molar-refractivity contribution in [1.29, 1.82) is 0 Å². The molecule has 0 bridgehead atoms. The molecule has 4 heterocycles. The molecule has 1 unspecified atom stereocenters. The van der Waals surface area contributed by atoms with Crippen LogP contribution in [-0.2, 0) is 0 Å². The highest BCUT2D eigenvalue weighted by Gasteiger charge is 2.15. The number of anilines is 1. The van der Waals surface area contributed by atoms with E-state index < -0.39 is 0 Å². The third kappa shape index (κ3) is 4.41. The van der Waals surface area contributed by atoms with Gasteiger partial charge in [-0.05, 0) is 55.0 Å². The Bertz CT molecular complexity index is 1280. The molecule has 7 nitrogen and oxygen atoms in total. The molecule has 0 spiro atoms. The summed E-state index contributed by atoms with van der Waals surface area (Å²) in [5.41, 5.74) is 5.33. The van der Waals surface area contributed by atoms with Crippen LogP contribution in [0.5, 0.6) is 0 Å². The van der Waals surface area contributed by atoms with Crippen molar-refractivity contribution in [2.45, 2.75) is 26.2 Å². The molecular weight excluding hydrogens is 414 g/mol. The van der Waals surface area contributed by atoms with E-state index in [4.69, 9.17) is 5.11 Å². The molecular formula is C26H29N5O2. The van der Waals surface area contributed by atoms with Crippen LogP contribution in [0.1, 0.15) is 36.7 Å². The van der Waals surface area contributed by atoms with Gasteiger partial charge in [-0.15, -0.1) is 0 Å². The number of nitrogens with zero attached hydrogens (tertiary/aromatic N) is 3. The number of pyridine rings is 2. The second-order valence-corrected chi connectivity index (χ2v) is 8.91. The predicted octanol–water partition coefficient (Wildman–Crippen LogP) is 4.13. The summed E-state index contributed by atoms with van der Waals surface area (Å²) in [6, 6.07) is 12.6. The molecule has 3 aromatic heterocycles. The van der Waals surface area contributed by atoms with Crippen LogP contribution in [0.3, 0.4) is 0 Å². The number of fused-ring (bicyclic) bond motifs is 3. The van der Waals surface area contributed by atoms with E-state index in [0.717, 1.165) is 52.1 Å². The summed E-state index contributed by atoms with van der Waals surface area (Å²) in [6.07, 6.45) is 7.34. The van der Waals surface area contributed by atoms with Gasteiger partial charge in [0.05, 0.1) is 18.3 Å². The number of aromatic nitrogens is 3. The number of carbonyl (C=O) groups is 1. The van der Waals surface area contributed by atoms with Crippen LogP contribution in [0, 0.1) is 5.92 Å². The van der Waals surface area contributed by atoms with E-state index in [2.05, 4.69) is 62.4 Å². The zero-order chi connectivity index (χ0) is 22.8. The van der Waals surface area contributed by atoms with E-state index in [9.17, 15) is 4.79 Å². The lowest BCUT2D eigenvalue weighted by molar-refractivity contribution is 0.0940. The summed E-state index contributed by atoms with van der Waals surface area (Å²) in [4.78, 5) is 26.9. The van der Waals surface area contributed by atoms with Gasteiger partial charge in [-0.1, -0.05) is 19.1 Å². The highest BCUT2D eigenvalue weighted by molar-refractivity contribution is 6.09. The third-order valence-electron chi connectivity index (χ3n) is 6.55. The van der Waals surface area contributed by atoms with Crippen molar-refractivity contribution in [3.05, 3.63) is 54.5 Å². The zero-order valence-electron chi connectivity index (χ0n) is 18.8. The molecule has 1 atom stereocenters. The molecule has 1 amide bonds. The van der Waals surface area contributed by atoms with Gasteiger partial charge in [0, 0.05) is 47.9 Å². The second kappa shape index (κ2) is 9.19. The van der Waals surface area contributed by atoms with Crippen molar-refractivity contribution in [1.82, 2.24) is 20.3 Å². The lowest BCUT2D eigenvalue weighted by atomic mass is 10.0. The number of amides is 1. The first-order valence-electron chi connectivity index (χ1n) is 11.6. The molecule has 5 rings (SSSR count). The first kappa shape index (κ1) is 21.4. The molecule has 0 radical (unpaired) electrons. The Labute approximate surface area is 192 Å². The van der Waals surface area contributed by atoms with E-state index in [1.807, 2.05) is 6.20 Å². The lowest BCUT2D eigenvalue weighted by Crippen LogP contribution is -2.27. The van der Waals surface area contributed by atoms with Gasteiger partial charge >= 0.3 is 0 Å². The molecule has 170 valence electrons. The number of H-pyrrole nitrogens is 1. The van der Waals surface area contributed by atoms with E-state index in [1.54, 1.807) is 12.3 Å². The zero-order valence-corrected chi connectivity index (χ0v) is 18.8. The van der Waals surface area contributed by atoms with Gasteiger partial charge in [0.1, 0.15) is 11.3 Å². The lowest BCUT2D eigenvalue weighted by Gasteiger charge is -2.23. The number of aliphatic hydroxyl groups is 1. The Morgan fingerprint density at radius 1 is 1.09 bits per heavy atom. The number of aliphatic hydroxyl groups excluding tert-OH is 1. The van der Waals surface area contributed by atoms with Gasteiger partial charge in [0.2, 0.25) is 0 Å². The van der Waals surface area contributed by atoms with Crippen molar-refractivity contribution >= 4 is 33.5 Å². The van der Waals surface area contributed by atoms with Crippen LogP contribution in [0.4, 0.5) is 5.69 Å². The fourth-order valence-corrected chi connectivity index (χ4v) is 4.60. The topological polar surface area (TPSA) is 94.1 Å². The van der Waals surface area contributed by atoms with Gasteiger partial charge in [0.15, 0.2) is 0 Å². The molecule has 1 saturated heterocycles. The number of hydrogen-bond acceptors (Lipinski definition) is 5. The molecule has 0 aliphatic carbocycles. The first-order chi connectivity index (χ1) is 16.1. The van der Waals surface area contributed by atoms with Crippen molar-refractivity contribution in [2.24, 2.45) is 5.92 Å². The minimum atomic E-state index is -0.303. The summed E-state index contributed by atoms with van der Waals surface area (Å²) in [5.74, 6) is 0.502. The van der Waals surface area contributed by atoms with Crippen LogP contribution < -0.4 is 10.2 Å². The second-order valence-electron chi connectivity index (χ2n) is 8.91. The number of benzene rings is 1. The normalized spacial score (nSPS) is 16.8. The minimum Gasteiger partial charge on any atom is -0.395 e. The maximum atomic E-state index is 12.3. The fraction of sp³-hybridized carbons (Fsp3) is 0.346. The molecule has 1 aromatic carbocycles. The maximum absolute atomic E-state index is 12.3. The highest BCUT2D eigenvalue weighted by Crippen LogP contribution is 2.30. The third-order valence-corrected chi connectivity index (χ3v) is 6.55. The minimum absolute atomic E-state index is 0.107. The quantitative estimate of drug-likeness (QED) is 0.431. The van der Waals surface area contributed by atoms with Crippen molar-refractivity contribution < 1.29 is 9.90 Å². The molecule has 4 aromatic rings. The average Bonchev–Trinajstić information content (AvgIpc) is 3.07. The van der Waals surface area contributed by atoms with Crippen molar-refractivity contribution in [3.63, 3.8) is 0 Å². The Morgan fingerprint density at radius 3 is 2.76 bits per heavy atom. The largest absolute Gasteiger partial charge is 0.395 e. The molecule has 33 heavy (non-hydrogen) atoms. The standard InChI is InChI=1S/C26H29N5O2/c1-17-3-2-10-31(11-8-17)20-6-4-18(5-7-20)19-13-22-21-14-23(26(33)27-9-12-32)28-16-24(21)30-25(22)29-15-19/h4-7,13-17,32H,2-3,8-12H2,1H3,(H,27,33)(H,29,30). The molecule has 1 aliphatic rings.